The predicted molar refractivity (Wildman–Crippen MR) is 82.5 cm³/mol. The van der Waals surface area contributed by atoms with Crippen LogP contribution in [0.15, 0.2) is 5.16 Å². The average Bonchev–Trinajstić information content (AvgIpc) is 3.04. The number of nitrogens with zero attached hydrogens (tertiary/aromatic N) is 2. The quantitative estimate of drug-likeness (QED) is 0.638. The second kappa shape index (κ2) is 7.26. The van der Waals surface area contributed by atoms with Gasteiger partial charge >= 0.3 is 5.97 Å². The Hall–Kier alpha value is -1.08. The fourth-order valence-electron chi connectivity index (χ4n) is 3.09. The van der Waals surface area contributed by atoms with Gasteiger partial charge in [-0.3, -0.25) is 9.89 Å². The number of carboxylic acid groups (broad SMARTS) is 1. The molecule has 7 heteroatoms. The number of thioether (sulfide) groups is 1. The van der Waals surface area contributed by atoms with Gasteiger partial charge < -0.3 is 10.4 Å². The molecular weight excluding hydrogens is 288 g/mol. The number of rotatable bonds is 8. The monoisotopic (exact) mass is 312 g/mol. The van der Waals surface area contributed by atoms with Crippen molar-refractivity contribution in [1.29, 1.82) is 0 Å². The summed E-state index contributed by atoms with van der Waals surface area (Å²) in [6, 6.07) is 0. The maximum Gasteiger partial charge on any atom is 0.324 e. The molecule has 1 heterocycles. The fraction of sp³-hybridized carbons (Fsp3) is 0.786. The van der Waals surface area contributed by atoms with Crippen molar-refractivity contribution in [3.8, 4) is 0 Å². The van der Waals surface area contributed by atoms with Crippen LogP contribution in [0, 0.1) is 12.8 Å². The molecule has 0 aromatic carbocycles. The Labute approximate surface area is 129 Å². The van der Waals surface area contributed by atoms with Gasteiger partial charge in [0.15, 0.2) is 0 Å². The van der Waals surface area contributed by atoms with Gasteiger partial charge in [0, 0.05) is 5.75 Å². The smallest absolute Gasteiger partial charge is 0.324 e. The van der Waals surface area contributed by atoms with Crippen molar-refractivity contribution < 1.29 is 9.90 Å². The number of hydrogen-bond acceptors (Lipinski definition) is 5. The molecule has 2 unspecified atom stereocenters. The van der Waals surface area contributed by atoms with Crippen LogP contribution in [0.5, 0.6) is 0 Å². The van der Waals surface area contributed by atoms with Crippen molar-refractivity contribution >= 4 is 17.7 Å². The largest absolute Gasteiger partial charge is 0.480 e. The third kappa shape index (κ3) is 3.77. The number of aliphatic carboxylic acids is 1. The molecule has 6 nitrogen and oxygen atoms in total. The van der Waals surface area contributed by atoms with Gasteiger partial charge in [-0.2, -0.15) is 0 Å². The zero-order valence-corrected chi connectivity index (χ0v) is 13.5. The zero-order chi connectivity index (χ0) is 15.3. The normalized spacial score (nSPS) is 25.3. The van der Waals surface area contributed by atoms with E-state index in [0.29, 0.717) is 0 Å². The Kier molecular flexibility index (Phi) is 5.64. The van der Waals surface area contributed by atoms with E-state index in [-0.39, 0.29) is 5.92 Å². The minimum atomic E-state index is -0.731. The molecule has 1 fully saturated rings. The Morgan fingerprint density at radius 3 is 3.05 bits per heavy atom. The van der Waals surface area contributed by atoms with Crippen LogP contribution in [0.25, 0.3) is 0 Å². The van der Waals surface area contributed by atoms with E-state index in [0.717, 1.165) is 55.4 Å². The molecule has 0 spiro atoms. The third-order valence-corrected chi connectivity index (χ3v) is 5.05. The molecule has 21 heavy (non-hydrogen) atoms. The van der Waals surface area contributed by atoms with Gasteiger partial charge in [0.05, 0.1) is 0 Å². The Balaban J connectivity index is 1.91. The summed E-state index contributed by atoms with van der Waals surface area (Å²) in [4.78, 5) is 16.0. The lowest BCUT2D eigenvalue weighted by molar-refractivity contribution is -0.146. The minimum Gasteiger partial charge on any atom is -0.480 e. The van der Waals surface area contributed by atoms with Gasteiger partial charge in [0.1, 0.15) is 11.4 Å². The van der Waals surface area contributed by atoms with E-state index in [1.165, 1.54) is 0 Å². The molecule has 1 saturated carbocycles. The molecule has 0 bridgehead atoms. The van der Waals surface area contributed by atoms with E-state index >= 15 is 0 Å². The van der Waals surface area contributed by atoms with Crippen LogP contribution in [0.3, 0.4) is 0 Å². The molecule has 1 aromatic heterocycles. The van der Waals surface area contributed by atoms with Gasteiger partial charge in [0.25, 0.3) is 0 Å². The van der Waals surface area contributed by atoms with Crippen LogP contribution in [0.2, 0.25) is 0 Å². The van der Waals surface area contributed by atoms with E-state index < -0.39 is 11.5 Å². The molecular formula is C14H24N4O2S. The highest BCUT2D eigenvalue weighted by Crippen LogP contribution is 2.39. The summed E-state index contributed by atoms with van der Waals surface area (Å²) in [5, 5.41) is 20.6. The molecule has 1 aromatic rings. The topological polar surface area (TPSA) is 90.9 Å². The van der Waals surface area contributed by atoms with Gasteiger partial charge in [-0.1, -0.05) is 25.1 Å². The van der Waals surface area contributed by atoms with Crippen LogP contribution in [-0.4, -0.2) is 44.1 Å². The highest BCUT2D eigenvalue weighted by molar-refractivity contribution is 7.99. The first kappa shape index (κ1) is 16.3. The van der Waals surface area contributed by atoms with E-state index in [4.69, 9.17) is 0 Å². The maximum absolute atomic E-state index is 11.8. The molecule has 0 saturated heterocycles. The minimum absolute atomic E-state index is 0.189. The summed E-state index contributed by atoms with van der Waals surface area (Å²) in [5.74, 6) is 1.15. The standard InChI is InChI=1S/C14H24N4O2S/c1-3-8-15-14(12(19)20)7-4-5-11(14)6-9-21-13-16-10(2)17-18-13/h11,15H,3-9H2,1-2H3,(H,19,20)(H,16,17,18). The van der Waals surface area contributed by atoms with Crippen molar-refractivity contribution in [2.75, 3.05) is 12.3 Å². The summed E-state index contributed by atoms with van der Waals surface area (Å²) in [7, 11) is 0. The Morgan fingerprint density at radius 2 is 2.43 bits per heavy atom. The molecule has 2 atom stereocenters. The molecule has 1 aliphatic rings. The van der Waals surface area contributed by atoms with Crippen LogP contribution < -0.4 is 5.32 Å². The molecule has 0 aliphatic heterocycles. The second-order valence-corrected chi connectivity index (χ2v) is 6.70. The highest BCUT2D eigenvalue weighted by atomic mass is 32.2. The summed E-state index contributed by atoms with van der Waals surface area (Å²) in [6.07, 6.45) is 4.53. The molecule has 1 aliphatic carbocycles. The second-order valence-electron chi connectivity index (χ2n) is 5.63. The highest BCUT2D eigenvalue weighted by Gasteiger charge is 2.48. The molecule has 0 amide bonds. The first-order valence-electron chi connectivity index (χ1n) is 7.58. The number of H-pyrrole nitrogens is 1. The molecule has 118 valence electrons. The van der Waals surface area contributed by atoms with E-state index in [1.807, 2.05) is 6.92 Å². The summed E-state index contributed by atoms with van der Waals surface area (Å²) >= 11 is 1.59. The van der Waals surface area contributed by atoms with Gasteiger partial charge in [-0.05, 0) is 45.1 Å². The predicted octanol–water partition coefficient (Wildman–Crippen LogP) is 2.22. The Morgan fingerprint density at radius 1 is 1.62 bits per heavy atom. The average molecular weight is 312 g/mol. The number of nitrogens with one attached hydrogen (secondary N) is 2. The summed E-state index contributed by atoms with van der Waals surface area (Å²) in [6.45, 7) is 4.70. The van der Waals surface area contributed by atoms with Crippen LogP contribution in [0.1, 0.15) is 44.9 Å². The van der Waals surface area contributed by atoms with Crippen molar-refractivity contribution in [3.05, 3.63) is 5.82 Å². The van der Waals surface area contributed by atoms with Crippen LogP contribution in [0.4, 0.5) is 0 Å². The van der Waals surface area contributed by atoms with E-state index in [1.54, 1.807) is 11.8 Å². The fourth-order valence-corrected chi connectivity index (χ4v) is 3.98. The summed E-state index contributed by atoms with van der Waals surface area (Å²) in [5.41, 5.74) is -0.731. The lowest BCUT2D eigenvalue weighted by Gasteiger charge is -2.32. The number of hydrogen-bond donors (Lipinski definition) is 3. The van der Waals surface area contributed by atoms with Gasteiger partial charge in [-0.15, -0.1) is 5.10 Å². The summed E-state index contributed by atoms with van der Waals surface area (Å²) < 4.78 is 0. The van der Waals surface area contributed by atoms with Gasteiger partial charge in [0.2, 0.25) is 5.16 Å². The van der Waals surface area contributed by atoms with Crippen molar-refractivity contribution in [3.63, 3.8) is 0 Å². The number of aromatic amines is 1. The number of aryl methyl sites for hydroxylation is 1. The zero-order valence-electron chi connectivity index (χ0n) is 12.7. The van der Waals surface area contributed by atoms with Crippen molar-refractivity contribution in [2.45, 2.75) is 56.6 Å². The lowest BCUT2D eigenvalue weighted by Crippen LogP contribution is -2.55. The third-order valence-electron chi connectivity index (χ3n) is 4.17. The SMILES string of the molecule is CCCNC1(C(=O)O)CCCC1CCSc1n[nH]c(C)n1. The molecule has 2 rings (SSSR count). The molecule has 3 N–H and O–H groups in total. The lowest BCUT2D eigenvalue weighted by atomic mass is 9.85. The first-order chi connectivity index (χ1) is 10.1. The van der Waals surface area contributed by atoms with Gasteiger partial charge in [-0.25, -0.2) is 4.98 Å². The first-order valence-corrected chi connectivity index (χ1v) is 8.57. The molecule has 0 radical (unpaired) electrons. The van der Waals surface area contributed by atoms with Crippen LogP contribution >= 0.6 is 11.8 Å². The maximum atomic E-state index is 11.8. The van der Waals surface area contributed by atoms with E-state index in [9.17, 15) is 9.90 Å². The number of carboxylic acids is 1. The number of aromatic nitrogens is 3. The number of carbonyl (C=O) groups is 1. The van der Waals surface area contributed by atoms with Crippen LogP contribution in [-0.2, 0) is 4.79 Å². The van der Waals surface area contributed by atoms with E-state index in [2.05, 4.69) is 27.4 Å². The Bertz CT molecular complexity index is 479. The van der Waals surface area contributed by atoms with Crippen molar-refractivity contribution in [2.24, 2.45) is 5.92 Å². The van der Waals surface area contributed by atoms with Crippen molar-refractivity contribution in [1.82, 2.24) is 20.5 Å².